The molecule has 33 heavy (non-hydrogen) atoms. The number of aliphatic hydroxyl groups is 2. The number of phenolic OH excluding ortho intramolecular Hbond substituents is 1. The summed E-state index contributed by atoms with van der Waals surface area (Å²) in [5.74, 6) is -2.35. The molecule has 178 valence electrons. The second-order valence-corrected chi connectivity index (χ2v) is 7.72. The van der Waals surface area contributed by atoms with Gasteiger partial charge in [-0.2, -0.15) is 13.2 Å². The fourth-order valence-corrected chi connectivity index (χ4v) is 3.46. The SMILES string of the molecule is OCC(O)c1cc(F)c(CNC2CCC2)c2ccncc12.Oc1ccc(F)c(C(F)(F)F)c1. The summed E-state index contributed by atoms with van der Waals surface area (Å²) in [5.41, 5.74) is -0.485. The van der Waals surface area contributed by atoms with Gasteiger partial charge in [0.1, 0.15) is 23.5 Å². The molecule has 5 nitrogen and oxygen atoms in total. The third-order valence-electron chi connectivity index (χ3n) is 5.49. The number of nitrogens with zero attached hydrogens (tertiary/aromatic N) is 1. The van der Waals surface area contributed by atoms with Crippen LogP contribution in [0, 0.1) is 11.6 Å². The van der Waals surface area contributed by atoms with Crippen LogP contribution in [0.4, 0.5) is 22.0 Å². The van der Waals surface area contributed by atoms with Gasteiger partial charge >= 0.3 is 6.18 Å². The van der Waals surface area contributed by atoms with Gasteiger partial charge in [-0.3, -0.25) is 4.98 Å². The fourth-order valence-electron chi connectivity index (χ4n) is 3.46. The summed E-state index contributed by atoms with van der Waals surface area (Å²) in [6, 6.07) is 5.30. The molecule has 1 saturated carbocycles. The molecular weight excluding hydrogens is 447 g/mol. The second-order valence-electron chi connectivity index (χ2n) is 7.72. The van der Waals surface area contributed by atoms with Gasteiger partial charge in [0, 0.05) is 35.9 Å². The lowest BCUT2D eigenvalue weighted by Crippen LogP contribution is -2.34. The van der Waals surface area contributed by atoms with E-state index in [4.69, 9.17) is 10.2 Å². The number of aliphatic hydroxyl groups excluding tert-OH is 2. The van der Waals surface area contributed by atoms with E-state index >= 15 is 0 Å². The Morgan fingerprint density at radius 2 is 1.79 bits per heavy atom. The lowest BCUT2D eigenvalue weighted by Gasteiger charge is -2.27. The average molecular weight is 470 g/mol. The number of aromatic hydroxyl groups is 1. The molecule has 4 rings (SSSR count). The van der Waals surface area contributed by atoms with Gasteiger partial charge in [0.05, 0.1) is 12.2 Å². The minimum Gasteiger partial charge on any atom is -0.508 e. The first-order valence-corrected chi connectivity index (χ1v) is 10.2. The maximum atomic E-state index is 14.4. The first kappa shape index (κ1) is 24.8. The summed E-state index contributed by atoms with van der Waals surface area (Å²) >= 11 is 0. The van der Waals surface area contributed by atoms with Crippen molar-refractivity contribution in [3.63, 3.8) is 0 Å². The summed E-state index contributed by atoms with van der Waals surface area (Å²) in [6.07, 6.45) is 0.875. The molecular formula is C23H23F5N2O3. The van der Waals surface area contributed by atoms with Gasteiger partial charge in [-0.1, -0.05) is 6.42 Å². The van der Waals surface area contributed by atoms with E-state index in [1.807, 2.05) is 0 Å². The third-order valence-corrected chi connectivity index (χ3v) is 5.49. The zero-order chi connectivity index (χ0) is 24.2. The molecule has 1 aliphatic rings. The minimum atomic E-state index is -4.76. The first-order valence-electron chi connectivity index (χ1n) is 10.2. The van der Waals surface area contributed by atoms with E-state index in [9.17, 15) is 27.1 Å². The van der Waals surface area contributed by atoms with Crippen molar-refractivity contribution in [2.45, 2.75) is 44.1 Å². The van der Waals surface area contributed by atoms with E-state index in [1.54, 1.807) is 18.5 Å². The van der Waals surface area contributed by atoms with Crippen molar-refractivity contribution in [1.29, 1.82) is 0 Å². The molecule has 0 aliphatic heterocycles. The second kappa shape index (κ2) is 10.4. The molecule has 0 radical (unpaired) electrons. The Morgan fingerprint density at radius 1 is 1.06 bits per heavy atom. The topological polar surface area (TPSA) is 85.6 Å². The average Bonchev–Trinajstić information content (AvgIpc) is 2.74. The van der Waals surface area contributed by atoms with Crippen LogP contribution in [0.15, 0.2) is 42.7 Å². The number of halogens is 5. The molecule has 1 atom stereocenters. The van der Waals surface area contributed by atoms with E-state index in [0.717, 1.165) is 24.3 Å². The minimum absolute atomic E-state index is 0.343. The van der Waals surface area contributed by atoms with Gasteiger partial charge in [-0.25, -0.2) is 8.78 Å². The molecule has 1 heterocycles. The molecule has 1 fully saturated rings. The van der Waals surface area contributed by atoms with Crippen molar-refractivity contribution in [3.05, 3.63) is 71.1 Å². The standard InChI is InChI=1S/C16H19FN2O2.C7H4F4O/c17-15-6-12(16(21)9-20)13-7-18-5-4-11(13)14(15)8-19-10-2-1-3-10;8-6-2-1-4(12)3-5(6)7(9,10)11/h4-7,10,16,19-21H,1-3,8-9H2;1-3,12H. The molecule has 1 unspecified atom stereocenters. The van der Waals surface area contributed by atoms with Crippen LogP contribution in [0.5, 0.6) is 5.75 Å². The maximum Gasteiger partial charge on any atom is 0.419 e. The van der Waals surface area contributed by atoms with Crippen LogP contribution in [-0.2, 0) is 12.7 Å². The van der Waals surface area contributed by atoms with Crippen molar-refractivity contribution in [2.75, 3.05) is 6.61 Å². The zero-order valence-corrected chi connectivity index (χ0v) is 17.4. The number of hydrogen-bond donors (Lipinski definition) is 4. The molecule has 4 N–H and O–H groups in total. The molecule has 3 aromatic rings. The number of alkyl halides is 3. The summed E-state index contributed by atoms with van der Waals surface area (Å²) in [6.45, 7) is 0.0234. The normalized spacial score (nSPS) is 15.0. The Morgan fingerprint density at radius 3 is 2.36 bits per heavy atom. The van der Waals surface area contributed by atoms with E-state index in [0.29, 0.717) is 41.2 Å². The number of phenols is 1. The number of hydrogen-bond acceptors (Lipinski definition) is 5. The van der Waals surface area contributed by atoms with Crippen molar-refractivity contribution in [1.82, 2.24) is 10.3 Å². The van der Waals surface area contributed by atoms with Crippen LogP contribution in [-0.4, -0.2) is 33.0 Å². The van der Waals surface area contributed by atoms with Crippen molar-refractivity contribution in [3.8, 4) is 5.75 Å². The van der Waals surface area contributed by atoms with Crippen molar-refractivity contribution >= 4 is 10.8 Å². The Labute approximate surface area is 186 Å². The van der Waals surface area contributed by atoms with E-state index in [1.165, 1.54) is 12.5 Å². The summed E-state index contributed by atoms with van der Waals surface area (Å²) in [7, 11) is 0. The molecule has 0 bridgehead atoms. The molecule has 10 heteroatoms. The first-order chi connectivity index (χ1) is 15.6. The van der Waals surface area contributed by atoms with Crippen LogP contribution < -0.4 is 5.32 Å². The molecule has 0 saturated heterocycles. The van der Waals surface area contributed by atoms with Gasteiger partial charge < -0.3 is 20.6 Å². The van der Waals surface area contributed by atoms with Crippen LogP contribution in [0.25, 0.3) is 10.8 Å². The van der Waals surface area contributed by atoms with E-state index in [2.05, 4.69) is 10.3 Å². The molecule has 2 aromatic carbocycles. The Hall–Kier alpha value is -2.82. The highest BCUT2D eigenvalue weighted by atomic mass is 19.4. The van der Waals surface area contributed by atoms with Crippen molar-refractivity contribution in [2.24, 2.45) is 0 Å². The number of aromatic nitrogens is 1. The molecule has 1 aliphatic carbocycles. The van der Waals surface area contributed by atoms with Crippen LogP contribution >= 0.6 is 0 Å². The van der Waals surface area contributed by atoms with Crippen LogP contribution in [0.3, 0.4) is 0 Å². The largest absolute Gasteiger partial charge is 0.508 e. The van der Waals surface area contributed by atoms with E-state index < -0.39 is 36.0 Å². The number of rotatable bonds is 5. The third kappa shape index (κ3) is 5.95. The fraction of sp³-hybridized carbons (Fsp3) is 0.348. The van der Waals surface area contributed by atoms with Crippen LogP contribution in [0.1, 0.15) is 42.1 Å². The highest BCUT2D eigenvalue weighted by Crippen LogP contribution is 2.33. The zero-order valence-electron chi connectivity index (χ0n) is 17.4. The highest BCUT2D eigenvalue weighted by molar-refractivity contribution is 5.88. The van der Waals surface area contributed by atoms with Gasteiger partial charge in [-0.15, -0.1) is 0 Å². The lowest BCUT2D eigenvalue weighted by atomic mass is 9.92. The van der Waals surface area contributed by atoms with E-state index in [-0.39, 0.29) is 5.82 Å². The maximum absolute atomic E-state index is 14.4. The number of pyridine rings is 1. The summed E-state index contributed by atoms with van der Waals surface area (Å²) in [5, 5.41) is 32.4. The molecule has 0 amide bonds. The van der Waals surface area contributed by atoms with Gasteiger partial charge in [0.15, 0.2) is 0 Å². The quantitative estimate of drug-likeness (QED) is 0.410. The Bertz CT molecular complexity index is 1100. The predicted octanol–water partition coefficient (Wildman–Crippen LogP) is 4.59. The molecule has 0 spiro atoms. The summed E-state index contributed by atoms with van der Waals surface area (Å²) in [4.78, 5) is 4.05. The Balaban J connectivity index is 0.000000218. The summed E-state index contributed by atoms with van der Waals surface area (Å²) < 4.78 is 62.5. The predicted molar refractivity (Wildman–Crippen MR) is 111 cm³/mol. The number of benzene rings is 2. The Kier molecular flexibility index (Phi) is 7.83. The number of nitrogens with one attached hydrogen (secondary N) is 1. The number of fused-ring (bicyclic) bond motifs is 1. The van der Waals surface area contributed by atoms with Crippen LogP contribution in [0.2, 0.25) is 0 Å². The smallest absolute Gasteiger partial charge is 0.419 e. The molecule has 1 aromatic heterocycles. The van der Waals surface area contributed by atoms with Gasteiger partial charge in [0.25, 0.3) is 0 Å². The van der Waals surface area contributed by atoms with Gasteiger partial charge in [-0.05, 0) is 54.1 Å². The van der Waals surface area contributed by atoms with Crippen molar-refractivity contribution < 1.29 is 37.3 Å². The highest BCUT2D eigenvalue weighted by Gasteiger charge is 2.34. The lowest BCUT2D eigenvalue weighted by molar-refractivity contribution is -0.140. The van der Waals surface area contributed by atoms with Gasteiger partial charge in [0.2, 0.25) is 0 Å². The monoisotopic (exact) mass is 470 g/mol.